The third-order valence-corrected chi connectivity index (χ3v) is 5.16. The van der Waals surface area contributed by atoms with Gasteiger partial charge in [0.15, 0.2) is 5.96 Å². The highest BCUT2D eigenvalue weighted by Crippen LogP contribution is 2.24. The summed E-state index contributed by atoms with van der Waals surface area (Å²) in [6, 6.07) is 7.87. The molecule has 0 saturated carbocycles. The van der Waals surface area contributed by atoms with E-state index in [-0.39, 0.29) is 35.6 Å². The highest BCUT2D eigenvalue weighted by atomic mass is 127. The molecule has 0 aliphatic carbocycles. The number of nitrogens with zero attached hydrogens (tertiary/aromatic N) is 2. The van der Waals surface area contributed by atoms with E-state index in [1.807, 2.05) is 31.2 Å². The average Bonchev–Trinajstić information content (AvgIpc) is 2.64. The predicted molar refractivity (Wildman–Crippen MR) is 125 cm³/mol. The van der Waals surface area contributed by atoms with Gasteiger partial charge in [0.1, 0.15) is 11.9 Å². The van der Waals surface area contributed by atoms with Crippen LogP contribution in [0.3, 0.4) is 0 Å². The zero-order valence-electron chi connectivity index (χ0n) is 16.6. The standard InChI is InChI=1S/C19H31BrN4O2.HI/c1-15(26-17-8-6-5-7-16(17)20)13-22-18(21-4)23-14-19(2,3)24-9-11-25-12-10-24;/h5-8,15H,9-14H2,1-4H3,(H2,21,22,23);1H. The maximum atomic E-state index is 5.97. The quantitative estimate of drug-likeness (QED) is 0.308. The van der Waals surface area contributed by atoms with Gasteiger partial charge in [-0.2, -0.15) is 0 Å². The highest BCUT2D eigenvalue weighted by Gasteiger charge is 2.28. The van der Waals surface area contributed by atoms with Crippen LogP contribution in [0.25, 0.3) is 0 Å². The Bertz CT molecular complexity index is 595. The van der Waals surface area contributed by atoms with Gasteiger partial charge in [0.05, 0.1) is 24.2 Å². The molecule has 0 spiro atoms. The molecule has 1 saturated heterocycles. The number of guanidine groups is 1. The number of rotatable bonds is 7. The van der Waals surface area contributed by atoms with E-state index in [4.69, 9.17) is 9.47 Å². The van der Waals surface area contributed by atoms with Crippen molar-refractivity contribution in [1.82, 2.24) is 15.5 Å². The van der Waals surface area contributed by atoms with Gasteiger partial charge in [-0.3, -0.25) is 9.89 Å². The molecular weight excluding hydrogens is 523 g/mol. The van der Waals surface area contributed by atoms with E-state index < -0.39 is 0 Å². The van der Waals surface area contributed by atoms with Crippen molar-refractivity contribution in [2.45, 2.75) is 32.4 Å². The molecule has 1 unspecified atom stereocenters. The second-order valence-corrected chi connectivity index (χ2v) is 7.93. The average molecular weight is 555 g/mol. The molecule has 0 bridgehead atoms. The molecule has 1 aliphatic rings. The molecule has 0 amide bonds. The lowest BCUT2D eigenvalue weighted by molar-refractivity contribution is -0.00834. The van der Waals surface area contributed by atoms with Crippen LogP contribution in [0.1, 0.15) is 20.8 Å². The Hall–Kier alpha value is -0.580. The zero-order valence-corrected chi connectivity index (χ0v) is 20.5. The van der Waals surface area contributed by atoms with Gasteiger partial charge in [-0.15, -0.1) is 24.0 Å². The maximum Gasteiger partial charge on any atom is 0.191 e. The summed E-state index contributed by atoms with van der Waals surface area (Å²) in [4.78, 5) is 6.77. The molecular formula is C19H32BrIN4O2. The smallest absolute Gasteiger partial charge is 0.191 e. The van der Waals surface area contributed by atoms with Gasteiger partial charge in [-0.25, -0.2) is 0 Å². The van der Waals surface area contributed by atoms with Crippen molar-refractivity contribution < 1.29 is 9.47 Å². The van der Waals surface area contributed by atoms with Gasteiger partial charge in [-0.05, 0) is 48.8 Å². The maximum absolute atomic E-state index is 5.97. The van der Waals surface area contributed by atoms with Crippen LogP contribution in [0.2, 0.25) is 0 Å². The first kappa shape index (κ1) is 24.5. The molecule has 1 fully saturated rings. The molecule has 6 nitrogen and oxygen atoms in total. The Morgan fingerprint density at radius 2 is 1.96 bits per heavy atom. The zero-order chi connectivity index (χ0) is 19.0. The van der Waals surface area contributed by atoms with Crippen molar-refractivity contribution in [2.24, 2.45) is 4.99 Å². The van der Waals surface area contributed by atoms with Crippen molar-refractivity contribution in [1.29, 1.82) is 0 Å². The van der Waals surface area contributed by atoms with Crippen molar-refractivity contribution in [3.63, 3.8) is 0 Å². The molecule has 1 aliphatic heterocycles. The van der Waals surface area contributed by atoms with Gasteiger partial charge in [-0.1, -0.05) is 12.1 Å². The molecule has 0 radical (unpaired) electrons. The molecule has 1 atom stereocenters. The number of halogens is 2. The van der Waals surface area contributed by atoms with E-state index in [0.29, 0.717) is 6.54 Å². The lowest BCUT2D eigenvalue weighted by atomic mass is 10.0. The summed E-state index contributed by atoms with van der Waals surface area (Å²) >= 11 is 3.51. The van der Waals surface area contributed by atoms with E-state index in [1.54, 1.807) is 7.05 Å². The van der Waals surface area contributed by atoms with Crippen molar-refractivity contribution in [2.75, 3.05) is 46.4 Å². The van der Waals surface area contributed by atoms with E-state index in [1.165, 1.54) is 0 Å². The number of aliphatic imine (C=N–C) groups is 1. The first-order chi connectivity index (χ1) is 12.4. The van der Waals surface area contributed by atoms with Gasteiger partial charge in [0.25, 0.3) is 0 Å². The largest absolute Gasteiger partial charge is 0.488 e. The van der Waals surface area contributed by atoms with E-state index in [0.717, 1.165) is 49.0 Å². The van der Waals surface area contributed by atoms with E-state index in [9.17, 15) is 0 Å². The van der Waals surface area contributed by atoms with Crippen molar-refractivity contribution >= 4 is 45.9 Å². The Kier molecular flexibility index (Phi) is 10.9. The van der Waals surface area contributed by atoms with Crippen LogP contribution >= 0.6 is 39.9 Å². The molecule has 1 heterocycles. The van der Waals surface area contributed by atoms with Crippen LogP contribution in [0, 0.1) is 0 Å². The highest BCUT2D eigenvalue weighted by molar-refractivity contribution is 14.0. The molecule has 0 aromatic heterocycles. The number of hydrogen-bond acceptors (Lipinski definition) is 4. The summed E-state index contributed by atoms with van der Waals surface area (Å²) < 4.78 is 12.4. The number of benzene rings is 1. The molecule has 154 valence electrons. The normalized spacial score (nSPS) is 17.0. The first-order valence-electron chi connectivity index (χ1n) is 9.11. The fourth-order valence-electron chi connectivity index (χ4n) is 2.84. The van der Waals surface area contributed by atoms with Crippen molar-refractivity contribution in [3.8, 4) is 5.75 Å². The predicted octanol–water partition coefficient (Wildman–Crippen LogP) is 3.11. The van der Waals surface area contributed by atoms with Gasteiger partial charge in [0.2, 0.25) is 0 Å². The monoisotopic (exact) mass is 554 g/mol. The lowest BCUT2D eigenvalue weighted by Crippen LogP contribution is -2.56. The minimum absolute atomic E-state index is 0. The van der Waals surface area contributed by atoms with Gasteiger partial charge >= 0.3 is 0 Å². The summed E-state index contributed by atoms with van der Waals surface area (Å²) in [6.45, 7) is 11.6. The Morgan fingerprint density at radius 3 is 2.59 bits per heavy atom. The van der Waals surface area contributed by atoms with Crippen LogP contribution in [-0.2, 0) is 4.74 Å². The Labute approximate surface area is 188 Å². The molecule has 27 heavy (non-hydrogen) atoms. The minimum atomic E-state index is 0. The first-order valence-corrected chi connectivity index (χ1v) is 9.90. The topological polar surface area (TPSA) is 58.1 Å². The molecule has 8 heteroatoms. The summed E-state index contributed by atoms with van der Waals surface area (Å²) in [5, 5.41) is 6.77. The summed E-state index contributed by atoms with van der Waals surface area (Å²) in [6.07, 6.45) is 0.0134. The number of para-hydroxylation sites is 1. The third kappa shape index (κ3) is 8.13. The summed E-state index contributed by atoms with van der Waals surface area (Å²) in [5.74, 6) is 1.63. The van der Waals surface area contributed by atoms with Crippen molar-refractivity contribution in [3.05, 3.63) is 28.7 Å². The third-order valence-electron chi connectivity index (χ3n) is 4.50. The van der Waals surface area contributed by atoms with Crippen LogP contribution < -0.4 is 15.4 Å². The second kappa shape index (κ2) is 12.1. The summed E-state index contributed by atoms with van der Waals surface area (Å²) in [5.41, 5.74) is 0.0401. The van der Waals surface area contributed by atoms with Crippen LogP contribution in [0.15, 0.2) is 33.7 Å². The van der Waals surface area contributed by atoms with E-state index in [2.05, 4.69) is 50.3 Å². The molecule has 2 N–H and O–H groups in total. The van der Waals surface area contributed by atoms with E-state index >= 15 is 0 Å². The van der Waals surface area contributed by atoms with Crippen LogP contribution in [0.5, 0.6) is 5.75 Å². The summed E-state index contributed by atoms with van der Waals surface area (Å²) in [7, 11) is 1.79. The number of ether oxygens (including phenoxy) is 2. The van der Waals surface area contributed by atoms with Crippen LogP contribution in [0.4, 0.5) is 0 Å². The minimum Gasteiger partial charge on any atom is -0.488 e. The molecule has 2 rings (SSSR count). The fraction of sp³-hybridized carbons (Fsp3) is 0.632. The molecule has 1 aromatic rings. The second-order valence-electron chi connectivity index (χ2n) is 7.08. The van der Waals surface area contributed by atoms with Gasteiger partial charge in [0, 0.05) is 32.2 Å². The Balaban J connectivity index is 0.00000364. The molecule has 1 aromatic carbocycles. The lowest BCUT2D eigenvalue weighted by Gasteiger charge is -2.41. The van der Waals surface area contributed by atoms with Gasteiger partial charge < -0.3 is 20.1 Å². The Morgan fingerprint density at radius 1 is 1.30 bits per heavy atom. The fourth-order valence-corrected chi connectivity index (χ4v) is 3.22. The number of morpholine rings is 1. The number of nitrogens with one attached hydrogen (secondary N) is 2. The number of hydrogen-bond donors (Lipinski definition) is 2. The SMILES string of the molecule is CN=C(NCC(C)Oc1ccccc1Br)NCC(C)(C)N1CCOCC1.I. The van der Waals surface area contributed by atoms with Crippen LogP contribution in [-0.4, -0.2) is 68.9 Å².